The molecule has 0 saturated heterocycles. The van der Waals surface area contributed by atoms with E-state index in [2.05, 4.69) is 4.98 Å². The van der Waals surface area contributed by atoms with Crippen LogP contribution in [0.3, 0.4) is 0 Å². The summed E-state index contributed by atoms with van der Waals surface area (Å²) in [6.45, 7) is 0.254. The van der Waals surface area contributed by atoms with Gasteiger partial charge >= 0.3 is 0 Å². The van der Waals surface area contributed by atoms with Crippen LogP contribution in [0.5, 0.6) is 5.75 Å². The van der Waals surface area contributed by atoms with Gasteiger partial charge in [0.05, 0.1) is 15.1 Å². The molecule has 2 aromatic rings. The van der Waals surface area contributed by atoms with Crippen LogP contribution in [0.25, 0.3) is 0 Å². The number of nitrogens with zero attached hydrogens (tertiary/aromatic N) is 1. The molecule has 1 aromatic carbocycles. The van der Waals surface area contributed by atoms with Gasteiger partial charge in [-0.15, -0.1) is 0 Å². The van der Waals surface area contributed by atoms with E-state index in [4.69, 9.17) is 51.1 Å². The van der Waals surface area contributed by atoms with Crippen LogP contribution in [-0.4, -0.2) is 4.98 Å². The minimum absolute atomic E-state index is 0.254. The molecule has 6 heteroatoms. The zero-order chi connectivity index (χ0) is 13.1. The van der Waals surface area contributed by atoms with Crippen LogP contribution in [0.15, 0.2) is 30.5 Å². The molecule has 0 aliphatic rings. The highest BCUT2D eigenvalue weighted by Gasteiger charge is 2.08. The zero-order valence-corrected chi connectivity index (χ0v) is 12.0. The Labute approximate surface area is 124 Å². The summed E-state index contributed by atoms with van der Waals surface area (Å²) < 4.78 is 5.54. The molecule has 2 nitrogen and oxygen atoms in total. The van der Waals surface area contributed by atoms with Crippen LogP contribution in [0.4, 0.5) is 0 Å². The van der Waals surface area contributed by atoms with Crippen LogP contribution < -0.4 is 4.74 Å². The van der Waals surface area contributed by atoms with E-state index in [0.717, 1.165) is 5.56 Å². The van der Waals surface area contributed by atoms with E-state index in [1.165, 1.54) is 6.07 Å². The van der Waals surface area contributed by atoms with Crippen molar-refractivity contribution >= 4 is 46.4 Å². The number of hydrogen-bond donors (Lipinski definition) is 0. The molecule has 2 rings (SSSR count). The SMILES string of the molecule is Clc1cc(Cl)c(OCc2cccnc2Cl)cc1Cl. The summed E-state index contributed by atoms with van der Waals surface area (Å²) in [7, 11) is 0. The molecule has 0 aliphatic heterocycles. The van der Waals surface area contributed by atoms with Crippen LogP contribution in [0.1, 0.15) is 5.56 Å². The minimum atomic E-state index is 0.254. The van der Waals surface area contributed by atoms with Gasteiger partial charge in [0.15, 0.2) is 0 Å². The third-order valence-electron chi connectivity index (χ3n) is 2.19. The normalized spacial score (nSPS) is 10.4. The van der Waals surface area contributed by atoms with Gasteiger partial charge in [-0.25, -0.2) is 4.98 Å². The molecule has 0 amide bonds. The molecule has 0 fully saturated rings. The maximum Gasteiger partial charge on any atom is 0.139 e. The molecule has 0 radical (unpaired) electrons. The topological polar surface area (TPSA) is 22.1 Å². The highest BCUT2D eigenvalue weighted by molar-refractivity contribution is 6.43. The number of aromatic nitrogens is 1. The summed E-state index contributed by atoms with van der Waals surface area (Å²) in [4.78, 5) is 3.95. The molecule has 0 N–H and O–H groups in total. The van der Waals surface area contributed by atoms with E-state index in [9.17, 15) is 0 Å². The molecule has 0 atom stereocenters. The second-order valence-electron chi connectivity index (χ2n) is 3.44. The van der Waals surface area contributed by atoms with Gasteiger partial charge in [-0.2, -0.15) is 0 Å². The van der Waals surface area contributed by atoms with E-state index in [1.54, 1.807) is 18.3 Å². The number of benzene rings is 1. The minimum Gasteiger partial charge on any atom is -0.487 e. The van der Waals surface area contributed by atoms with Crippen molar-refractivity contribution in [1.82, 2.24) is 4.98 Å². The van der Waals surface area contributed by atoms with Gasteiger partial charge in [-0.05, 0) is 12.1 Å². The summed E-state index contributed by atoms with van der Waals surface area (Å²) in [5, 5.41) is 1.56. The van der Waals surface area contributed by atoms with E-state index < -0.39 is 0 Å². The number of pyridine rings is 1. The lowest BCUT2D eigenvalue weighted by Gasteiger charge is -2.09. The monoisotopic (exact) mass is 321 g/mol. The first-order valence-electron chi connectivity index (χ1n) is 4.94. The molecule has 1 aromatic heterocycles. The third kappa shape index (κ3) is 3.21. The maximum atomic E-state index is 5.99. The Morgan fingerprint density at radius 1 is 1.00 bits per heavy atom. The molecule has 0 bridgehead atoms. The number of rotatable bonds is 3. The lowest BCUT2D eigenvalue weighted by Crippen LogP contribution is -1.97. The predicted molar refractivity (Wildman–Crippen MR) is 75.1 cm³/mol. The highest BCUT2D eigenvalue weighted by atomic mass is 35.5. The Balaban J connectivity index is 2.16. The van der Waals surface area contributed by atoms with Crippen molar-refractivity contribution in [2.45, 2.75) is 6.61 Å². The average molecular weight is 323 g/mol. The Hall–Kier alpha value is -0.670. The molecular formula is C12H7Cl4NO. The summed E-state index contributed by atoms with van der Waals surface area (Å²) in [6.07, 6.45) is 1.61. The first-order valence-corrected chi connectivity index (χ1v) is 6.46. The fourth-order valence-corrected chi connectivity index (χ4v) is 2.06. The largest absolute Gasteiger partial charge is 0.487 e. The highest BCUT2D eigenvalue weighted by Crippen LogP contribution is 2.34. The molecular weight excluding hydrogens is 316 g/mol. The molecule has 18 heavy (non-hydrogen) atoms. The van der Waals surface area contributed by atoms with Gasteiger partial charge in [0.2, 0.25) is 0 Å². The molecule has 0 saturated carbocycles. The molecule has 0 unspecified atom stereocenters. The van der Waals surface area contributed by atoms with Crippen molar-refractivity contribution in [3.8, 4) is 5.75 Å². The molecule has 94 valence electrons. The number of halogens is 4. The Bertz CT molecular complexity index is 574. The van der Waals surface area contributed by atoms with Crippen LogP contribution >= 0.6 is 46.4 Å². The van der Waals surface area contributed by atoms with Crippen molar-refractivity contribution in [3.05, 3.63) is 56.2 Å². The quantitative estimate of drug-likeness (QED) is 0.567. The second kappa shape index (κ2) is 5.98. The number of ether oxygens (including phenoxy) is 1. The van der Waals surface area contributed by atoms with Crippen LogP contribution in [-0.2, 0) is 6.61 Å². The average Bonchev–Trinajstić information content (AvgIpc) is 2.34. The fourth-order valence-electron chi connectivity index (χ4n) is 1.30. The molecule has 0 spiro atoms. The molecule has 0 aliphatic carbocycles. The van der Waals surface area contributed by atoms with Crippen molar-refractivity contribution < 1.29 is 4.74 Å². The lowest BCUT2D eigenvalue weighted by molar-refractivity contribution is 0.306. The predicted octanol–water partition coefficient (Wildman–Crippen LogP) is 5.27. The van der Waals surface area contributed by atoms with E-state index in [0.29, 0.717) is 26.0 Å². The second-order valence-corrected chi connectivity index (χ2v) is 5.02. The van der Waals surface area contributed by atoms with Gasteiger partial charge in [0, 0.05) is 17.8 Å². The zero-order valence-electron chi connectivity index (χ0n) is 8.96. The Morgan fingerprint density at radius 2 is 1.72 bits per heavy atom. The summed E-state index contributed by atoms with van der Waals surface area (Å²) in [6, 6.07) is 6.70. The fraction of sp³-hybridized carbons (Fsp3) is 0.0833. The van der Waals surface area contributed by atoms with Crippen molar-refractivity contribution in [2.75, 3.05) is 0 Å². The smallest absolute Gasteiger partial charge is 0.139 e. The summed E-state index contributed by atoms with van der Waals surface area (Å²) in [5.74, 6) is 0.450. The summed E-state index contributed by atoms with van der Waals surface area (Å²) in [5.41, 5.74) is 0.765. The van der Waals surface area contributed by atoms with E-state index in [-0.39, 0.29) is 6.61 Å². The Kier molecular flexibility index (Phi) is 4.57. The standard InChI is InChI=1S/C12H7Cl4NO/c13-8-4-10(15)11(5-9(8)14)18-6-7-2-1-3-17-12(7)16/h1-5H,6H2. The van der Waals surface area contributed by atoms with Crippen molar-refractivity contribution in [3.63, 3.8) is 0 Å². The first-order chi connectivity index (χ1) is 8.58. The van der Waals surface area contributed by atoms with E-state index in [1.807, 2.05) is 6.07 Å². The van der Waals surface area contributed by atoms with Gasteiger partial charge in [-0.3, -0.25) is 0 Å². The van der Waals surface area contributed by atoms with Crippen molar-refractivity contribution in [1.29, 1.82) is 0 Å². The van der Waals surface area contributed by atoms with Gasteiger partial charge < -0.3 is 4.74 Å². The van der Waals surface area contributed by atoms with E-state index >= 15 is 0 Å². The van der Waals surface area contributed by atoms with Gasteiger partial charge in [0.25, 0.3) is 0 Å². The first kappa shape index (κ1) is 13.8. The summed E-state index contributed by atoms with van der Waals surface area (Å²) >= 11 is 23.6. The van der Waals surface area contributed by atoms with Crippen LogP contribution in [0, 0.1) is 0 Å². The van der Waals surface area contributed by atoms with Crippen LogP contribution in [0.2, 0.25) is 20.2 Å². The third-order valence-corrected chi connectivity index (χ3v) is 3.55. The Morgan fingerprint density at radius 3 is 2.44 bits per heavy atom. The molecule has 1 heterocycles. The number of hydrogen-bond acceptors (Lipinski definition) is 2. The maximum absolute atomic E-state index is 5.99. The van der Waals surface area contributed by atoms with Gasteiger partial charge in [0.1, 0.15) is 17.5 Å². The van der Waals surface area contributed by atoms with Crippen molar-refractivity contribution in [2.24, 2.45) is 0 Å². The lowest BCUT2D eigenvalue weighted by atomic mass is 10.3. The van der Waals surface area contributed by atoms with Gasteiger partial charge in [-0.1, -0.05) is 52.5 Å².